The van der Waals surface area contributed by atoms with Crippen LogP contribution in [-0.4, -0.2) is 27.6 Å². The lowest BCUT2D eigenvalue weighted by Gasteiger charge is -2.25. The Kier molecular flexibility index (Phi) is 4.29. The van der Waals surface area contributed by atoms with Crippen molar-refractivity contribution in [2.75, 3.05) is 6.54 Å². The van der Waals surface area contributed by atoms with Gasteiger partial charge in [-0.1, -0.05) is 36.4 Å². The Bertz CT molecular complexity index is 856. The van der Waals surface area contributed by atoms with E-state index in [2.05, 4.69) is 44.8 Å². The Morgan fingerprint density at radius 3 is 2.80 bits per heavy atom. The highest BCUT2D eigenvalue weighted by molar-refractivity contribution is 5.94. The number of rotatable bonds is 4. The van der Waals surface area contributed by atoms with E-state index in [1.165, 1.54) is 23.9 Å². The second kappa shape index (κ2) is 6.89. The largest absolute Gasteiger partial charge is 0.351 e. The van der Waals surface area contributed by atoms with Crippen molar-refractivity contribution in [3.63, 3.8) is 0 Å². The van der Waals surface area contributed by atoms with Crippen LogP contribution in [0, 0.1) is 0 Å². The second-order valence-electron chi connectivity index (χ2n) is 6.41. The summed E-state index contributed by atoms with van der Waals surface area (Å²) in [6, 6.07) is 16.0. The molecule has 25 heavy (non-hydrogen) atoms. The van der Waals surface area contributed by atoms with Crippen molar-refractivity contribution in [1.29, 1.82) is 0 Å². The molecule has 1 aromatic heterocycles. The number of carbonyl (C=O) groups excluding carboxylic acids is 1. The van der Waals surface area contributed by atoms with Gasteiger partial charge in [-0.3, -0.25) is 9.89 Å². The molecule has 1 unspecified atom stereocenters. The second-order valence-corrected chi connectivity index (χ2v) is 6.41. The number of aromatic nitrogens is 3. The molecular weight excluding hydrogens is 312 g/mol. The van der Waals surface area contributed by atoms with Crippen LogP contribution in [0.5, 0.6) is 0 Å². The molecule has 2 N–H and O–H groups in total. The summed E-state index contributed by atoms with van der Waals surface area (Å²) < 4.78 is 0. The van der Waals surface area contributed by atoms with E-state index < -0.39 is 0 Å². The Morgan fingerprint density at radius 2 is 2.00 bits per heavy atom. The maximum atomic E-state index is 12.5. The minimum atomic E-state index is -0.0350. The number of amides is 1. The Labute approximate surface area is 146 Å². The molecule has 0 aliphatic heterocycles. The fraction of sp³-hybridized carbons (Fsp3) is 0.250. The highest BCUT2D eigenvalue weighted by Crippen LogP contribution is 2.30. The van der Waals surface area contributed by atoms with Crippen molar-refractivity contribution in [2.45, 2.75) is 25.2 Å². The summed E-state index contributed by atoms with van der Waals surface area (Å²) >= 11 is 0. The van der Waals surface area contributed by atoms with Gasteiger partial charge in [0.2, 0.25) is 0 Å². The summed E-state index contributed by atoms with van der Waals surface area (Å²) in [5, 5.41) is 9.75. The van der Waals surface area contributed by atoms with Crippen LogP contribution in [0.2, 0.25) is 0 Å². The Morgan fingerprint density at radius 1 is 1.16 bits per heavy atom. The number of aryl methyl sites for hydroxylation is 1. The van der Waals surface area contributed by atoms with Gasteiger partial charge in [0, 0.05) is 23.6 Å². The van der Waals surface area contributed by atoms with Crippen LogP contribution in [0.1, 0.15) is 40.2 Å². The first-order valence-electron chi connectivity index (χ1n) is 8.63. The van der Waals surface area contributed by atoms with Crippen LogP contribution in [-0.2, 0) is 6.42 Å². The van der Waals surface area contributed by atoms with Gasteiger partial charge in [-0.05, 0) is 42.5 Å². The number of carbonyl (C=O) groups is 1. The van der Waals surface area contributed by atoms with Gasteiger partial charge in [-0.25, -0.2) is 4.98 Å². The average Bonchev–Trinajstić information content (AvgIpc) is 3.21. The third kappa shape index (κ3) is 3.31. The Hall–Kier alpha value is -2.95. The topological polar surface area (TPSA) is 70.7 Å². The number of benzene rings is 2. The normalized spacial score (nSPS) is 16.2. The molecule has 0 saturated carbocycles. The van der Waals surface area contributed by atoms with E-state index in [9.17, 15) is 4.79 Å². The van der Waals surface area contributed by atoms with E-state index in [4.69, 9.17) is 0 Å². The number of nitrogens with one attached hydrogen (secondary N) is 2. The predicted molar refractivity (Wildman–Crippen MR) is 96.3 cm³/mol. The van der Waals surface area contributed by atoms with Crippen LogP contribution in [0.4, 0.5) is 0 Å². The summed E-state index contributed by atoms with van der Waals surface area (Å²) in [5.41, 5.74) is 4.38. The van der Waals surface area contributed by atoms with Gasteiger partial charge < -0.3 is 5.32 Å². The SMILES string of the molecule is O=C(NCC1CCCc2ccccc21)c1ccc(-c2ncn[nH]2)cc1. The lowest BCUT2D eigenvalue weighted by atomic mass is 9.83. The van der Waals surface area contributed by atoms with Gasteiger partial charge in [0.25, 0.3) is 5.91 Å². The van der Waals surface area contributed by atoms with Crippen molar-refractivity contribution in [2.24, 2.45) is 0 Å². The first-order valence-corrected chi connectivity index (χ1v) is 8.63. The molecule has 1 aliphatic carbocycles. The third-order valence-corrected chi connectivity index (χ3v) is 4.84. The number of hydrogen-bond donors (Lipinski definition) is 2. The molecule has 1 aliphatic rings. The van der Waals surface area contributed by atoms with E-state index in [1.54, 1.807) is 0 Å². The van der Waals surface area contributed by atoms with E-state index in [0.29, 0.717) is 23.9 Å². The lowest BCUT2D eigenvalue weighted by molar-refractivity contribution is 0.0950. The average molecular weight is 332 g/mol. The molecule has 0 bridgehead atoms. The van der Waals surface area contributed by atoms with Crippen molar-refractivity contribution >= 4 is 5.91 Å². The summed E-state index contributed by atoms with van der Waals surface area (Å²) in [5.74, 6) is 1.07. The minimum absolute atomic E-state index is 0.0350. The molecule has 0 saturated heterocycles. The maximum Gasteiger partial charge on any atom is 0.251 e. The minimum Gasteiger partial charge on any atom is -0.351 e. The third-order valence-electron chi connectivity index (χ3n) is 4.84. The summed E-state index contributed by atoms with van der Waals surface area (Å²) in [7, 11) is 0. The highest BCUT2D eigenvalue weighted by Gasteiger charge is 2.20. The van der Waals surface area contributed by atoms with E-state index in [1.807, 2.05) is 24.3 Å². The van der Waals surface area contributed by atoms with Gasteiger partial charge in [0.15, 0.2) is 5.82 Å². The molecule has 4 rings (SSSR count). The zero-order valence-electron chi connectivity index (χ0n) is 13.9. The molecule has 126 valence electrons. The Balaban J connectivity index is 1.41. The number of H-pyrrole nitrogens is 1. The molecular formula is C20H20N4O. The zero-order valence-corrected chi connectivity index (χ0v) is 13.9. The van der Waals surface area contributed by atoms with Gasteiger partial charge in [-0.15, -0.1) is 0 Å². The van der Waals surface area contributed by atoms with Gasteiger partial charge in [0.1, 0.15) is 6.33 Å². The predicted octanol–water partition coefficient (Wildman–Crippen LogP) is 3.32. The van der Waals surface area contributed by atoms with Crippen molar-refractivity contribution < 1.29 is 4.79 Å². The molecule has 2 aromatic carbocycles. The van der Waals surface area contributed by atoms with E-state index >= 15 is 0 Å². The van der Waals surface area contributed by atoms with Crippen molar-refractivity contribution in [3.05, 3.63) is 71.5 Å². The number of aromatic amines is 1. The van der Waals surface area contributed by atoms with Crippen molar-refractivity contribution in [1.82, 2.24) is 20.5 Å². The lowest BCUT2D eigenvalue weighted by Crippen LogP contribution is -2.29. The van der Waals surface area contributed by atoms with Crippen molar-refractivity contribution in [3.8, 4) is 11.4 Å². The molecule has 1 heterocycles. The van der Waals surface area contributed by atoms with Gasteiger partial charge in [-0.2, -0.15) is 5.10 Å². The smallest absolute Gasteiger partial charge is 0.251 e. The van der Waals surface area contributed by atoms with E-state index in [-0.39, 0.29) is 5.91 Å². The fourth-order valence-electron chi connectivity index (χ4n) is 3.51. The molecule has 1 atom stereocenters. The first kappa shape index (κ1) is 15.6. The number of hydrogen-bond acceptors (Lipinski definition) is 3. The van der Waals surface area contributed by atoms with Gasteiger partial charge >= 0.3 is 0 Å². The maximum absolute atomic E-state index is 12.5. The summed E-state index contributed by atoms with van der Waals surface area (Å²) in [4.78, 5) is 16.6. The van der Waals surface area contributed by atoms with Gasteiger partial charge in [0.05, 0.1) is 0 Å². The molecule has 5 nitrogen and oxygen atoms in total. The quantitative estimate of drug-likeness (QED) is 0.770. The molecule has 0 radical (unpaired) electrons. The summed E-state index contributed by atoms with van der Waals surface area (Å²) in [6.45, 7) is 0.680. The van der Waals surface area contributed by atoms with E-state index in [0.717, 1.165) is 18.4 Å². The number of fused-ring (bicyclic) bond motifs is 1. The van der Waals surface area contributed by atoms with Crippen LogP contribution in [0.25, 0.3) is 11.4 Å². The van der Waals surface area contributed by atoms with Crippen LogP contribution in [0.15, 0.2) is 54.9 Å². The van der Waals surface area contributed by atoms with Crippen LogP contribution in [0.3, 0.4) is 0 Å². The molecule has 0 spiro atoms. The zero-order chi connectivity index (χ0) is 17.1. The summed E-state index contributed by atoms with van der Waals surface area (Å²) in [6.07, 6.45) is 4.92. The fourth-order valence-corrected chi connectivity index (χ4v) is 3.51. The highest BCUT2D eigenvalue weighted by atomic mass is 16.1. The monoisotopic (exact) mass is 332 g/mol. The molecule has 5 heteroatoms. The van der Waals surface area contributed by atoms with Crippen LogP contribution >= 0.6 is 0 Å². The molecule has 1 amide bonds. The standard InChI is InChI=1S/C20H20N4O/c25-20(16-10-8-15(9-11-16)19-22-13-23-24-19)21-12-17-6-3-5-14-4-1-2-7-18(14)17/h1-2,4,7-11,13,17H,3,5-6,12H2,(H,21,25)(H,22,23,24). The first-order chi connectivity index (χ1) is 12.3. The number of nitrogens with zero attached hydrogens (tertiary/aromatic N) is 2. The molecule has 3 aromatic rings. The molecule has 0 fully saturated rings. The van der Waals surface area contributed by atoms with Crippen LogP contribution < -0.4 is 5.32 Å².